The molecule has 0 aromatic carbocycles. The molecule has 12 heavy (non-hydrogen) atoms. The third-order valence-electron chi connectivity index (χ3n) is 2.76. The van der Waals surface area contributed by atoms with Gasteiger partial charge in [-0.1, -0.05) is 0 Å². The van der Waals surface area contributed by atoms with Gasteiger partial charge < -0.3 is 9.84 Å². The SMILES string of the molecule is OCC1CC2(CO1)CC(F)(F)C2. The Labute approximate surface area is 69.5 Å². The fourth-order valence-electron chi connectivity index (χ4n) is 2.30. The van der Waals surface area contributed by atoms with Crippen molar-refractivity contribution < 1.29 is 18.6 Å². The lowest BCUT2D eigenvalue weighted by atomic mass is 9.65. The van der Waals surface area contributed by atoms with Gasteiger partial charge in [0.2, 0.25) is 5.92 Å². The summed E-state index contributed by atoms with van der Waals surface area (Å²) in [7, 11) is 0. The molecule has 1 aliphatic carbocycles. The highest BCUT2D eigenvalue weighted by Gasteiger charge is 2.59. The van der Waals surface area contributed by atoms with Crippen molar-refractivity contribution in [1.82, 2.24) is 0 Å². The second kappa shape index (κ2) is 2.39. The van der Waals surface area contributed by atoms with Crippen molar-refractivity contribution in [2.24, 2.45) is 5.41 Å². The quantitative estimate of drug-likeness (QED) is 0.653. The molecule has 1 saturated heterocycles. The molecule has 0 aromatic rings. The smallest absolute Gasteiger partial charge is 0.249 e. The van der Waals surface area contributed by atoms with E-state index in [4.69, 9.17) is 9.84 Å². The van der Waals surface area contributed by atoms with Gasteiger partial charge in [-0.05, 0) is 6.42 Å². The number of rotatable bonds is 1. The largest absolute Gasteiger partial charge is 0.394 e. The normalized spacial score (nSPS) is 36.8. The Kier molecular flexibility index (Phi) is 1.67. The van der Waals surface area contributed by atoms with Crippen LogP contribution < -0.4 is 0 Å². The molecule has 2 nitrogen and oxygen atoms in total. The van der Waals surface area contributed by atoms with Crippen LogP contribution in [0.3, 0.4) is 0 Å². The van der Waals surface area contributed by atoms with E-state index in [-0.39, 0.29) is 31.0 Å². The molecule has 1 spiro atoms. The molecule has 1 aliphatic heterocycles. The van der Waals surface area contributed by atoms with Crippen LogP contribution in [-0.4, -0.2) is 30.3 Å². The molecule has 1 unspecified atom stereocenters. The molecule has 0 radical (unpaired) electrons. The Morgan fingerprint density at radius 2 is 2.08 bits per heavy atom. The molecular formula is C8H12F2O2. The standard InChI is InChI=1S/C8H12F2O2/c9-8(10)3-7(4-8)1-6(2-11)12-5-7/h6,11H,1-5H2. The van der Waals surface area contributed by atoms with Gasteiger partial charge in [-0.25, -0.2) is 8.78 Å². The van der Waals surface area contributed by atoms with E-state index in [2.05, 4.69) is 0 Å². The van der Waals surface area contributed by atoms with E-state index in [1.54, 1.807) is 0 Å². The second-order valence-electron chi connectivity index (χ2n) is 4.03. The second-order valence-corrected chi connectivity index (χ2v) is 4.03. The van der Waals surface area contributed by atoms with Crippen LogP contribution in [0.5, 0.6) is 0 Å². The first kappa shape index (κ1) is 8.38. The summed E-state index contributed by atoms with van der Waals surface area (Å²) in [5.74, 6) is -2.48. The molecule has 0 amide bonds. The predicted octanol–water partition coefficient (Wildman–Crippen LogP) is 1.18. The molecule has 1 atom stereocenters. The maximum atomic E-state index is 12.5. The van der Waals surface area contributed by atoms with Crippen LogP contribution in [0.1, 0.15) is 19.3 Å². The molecule has 1 heterocycles. The van der Waals surface area contributed by atoms with Crippen LogP contribution in [0, 0.1) is 5.41 Å². The first-order chi connectivity index (χ1) is 5.55. The topological polar surface area (TPSA) is 29.5 Å². The minimum atomic E-state index is -2.48. The van der Waals surface area contributed by atoms with Crippen LogP contribution in [-0.2, 0) is 4.74 Å². The molecule has 70 valence electrons. The number of halogens is 2. The molecule has 1 N–H and O–H groups in total. The molecule has 2 rings (SSSR count). The third-order valence-corrected chi connectivity index (χ3v) is 2.76. The molecule has 0 aromatic heterocycles. The van der Waals surface area contributed by atoms with Crippen molar-refractivity contribution in [2.45, 2.75) is 31.3 Å². The molecule has 2 aliphatic rings. The fourth-order valence-corrected chi connectivity index (χ4v) is 2.30. The van der Waals surface area contributed by atoms with E-state index in [1.807, 2.05) is 0 Å². The van der Waals surface area contributed by atoms with E-state index in [0.717, 1.165) is 0 Å². The van der Waals surface area contributed by atoms with Gasteiger partial charge in [-0.2, -0.15) is 0 Å². The number of hydrogen-bond donors (Lipinski definition) is 1. The van der Waals surface area contributed by atoms with Gasteiger partial charge >= 0.3 is 0 Å². The number of hydrogen-bond acceptors (Lipinski definition) is 2. The number of aliphatic hydroxyl groups excluding tert-OH is 1. The summed E-state index contributed by atoms with van der Waals surface area (Å²) in [5, 5.41) is 8.74. The summed E-state index contributed by atoms with van der Waals surface area (Å²) in [6, 6.07) is 0. The first-order valence-corrected chi connectivity index (χ1v) is 4.16. The van der Waals surface area contributed by atoms with E-state index in [1.165, 1.54) is 0 Å². The summed E-state index contributed by atoms with van der Waals surface area (Å²) in [4.78, 5) is 0. The average Bonchev–Trinajstić information content (AvgIpc) is 2.29. The Morgan fingerprint density at radius 3 is 2.50 bits per heavy atom. The Hall–Kier alpha value is -0.220. The zero-order valence-corrected chi connectivity index (χ0v) is 6.72. The van der Waals surface area contributed by atoms with Gasteiger partial charge in [-0.15, -0.1) is 0 Å². The van der Waals surface area contributed by atoms with Crippen molar-refractivity contribution in [3.05, 3.63) is 0 Å². The molecule has 2 fully saturated rings. The van der Waals surface area contributed by atoms with Crippen LogP contribution >= 0.6 is 0 Å². The number of aliphatic hydroxyl groups is 1. The summed E-state index contributed by atoms with van der Waals surface area (Å²) in [6.07, 6.45) is 0.271. The van der Waals surface area contributed by atoms with E-state index >= 15 is 0 Å². The lowest BCUT2D eigenvalue weighted by molar-refractivity contribution is -0.160. The van der Waals surface area contributed by atoms with Crippen molar-refractivity contribution in [1.29, 1.82) is 0 Å². The lowest BCUT2D eigenvalue weighted by Crippen LogP contribution is -2.46. The molecule has 0 bridgehead atoms. The Bertz CT molecular complexity index is 185. The molecule has 1 saturated carbocycles. The predicted molar refractivity (Wildman–Crippen MR) is 38.1 cm³/mol. The zero-order chi connectivity index (χ0) is 8.82. The average molecular weight is 178 g/mol. The highest BCUT2D eigenvalue weighted by atomic mass is 19.3. The molecule has 4 heteroatoms. The van der Waals surface area contributed by atoms with Gasteiger partial charge in [0, 0.05) is 18.3 Å². The first-order valence-electron chi connectivity index (χ1n) is 4.16. The minimum absolute atomic E-state index is 0.0483. The van der Waals surface area contributed by atoms with Gasteiger partial charge in [0.15, 0.2) is 0 Å². The van der Waals surface area contributed by atoms with Crippen LogP contribution in [0.15, 0.2) is 0 Å². The summed E-state index contributed by atoms with van der Waals surface area (Å²) in [5.41, 5.74) is -0.309. The van der Waals surface area contributed by atoms with Crippen molar-refractivity contribution >= 4 is 0 Å². The van der Waals surface area contributed by atoms with Crippen molar-refractivity contribution in [2.75, 3.05) is 13.2 Å². The third kappa shape index (κ3) is 1.23. The molecular weight excluding hydrogens is 166 g/mol. The van der Waals surface area contributed by atoms with E-state index < -0.39 is 5.92 Å². The number of ether oxygens (including phenoxy) is 1. The van der Waals surface area contributed by atoms with Crippen molar-refractivity contribution in [3.63, 3.8) is 0 Å². The highest BCUT2D eigenvalue weighted by molar-refractivity contribution is 5.02. The summed E-state index contributed by atoms with van der Waals surface area (Å²) in [6.45, 7) is 0.348. The maximum Gasteiger partial charge on any atom is 0.249 e. The van der Waals surface area contributed by atoms with Gasteiger partial charge in [0.1, 0.15) is 0 Å². The van der Waals surface area contributed by atoms with Crippen molar-refractivity contribution in [3.8, 4) is 0 Å². The van der Waals surface area contributed by atoms with E-state index in [0.29, 0.717) is 13.0 Å². The Morgan fingerprint density at radius 1 is 1.42 bits per heavy atom. The van der Waals surface area contributed by atoms with Gasteiger partial charge in [0.25, 0.3) is 0 Å². The van der Waals surface area contributed by atoms with Crippen LogP contribution in [0.4, 0.5) is 8.78 Å². The van der Waals surface area contributed by atoms with Gasteiger partial charge in [0.05, 0.1) is 19.3 Å². The summed E-state index contributed by atoms with van der Waals surface area (Å²) >= 11 is 0. The van der Waals surface area contributed by atoms with Crippen LogP contribution in [0.25, 0.3) is 0 Å². The van der Waals surface area contributed by atoms with E-state index in [9.17, 15) is 8.78 Å². The Balaban J connectivity index is 1.92. The minimum Gasteiger partial charge on any atom is -0.394 e. The highest BCUT2D eigenvalue weighted by Crippen LogP contribution is 2.57. The van der Waals surface area contributed by atoms with Crippen LogP contribution in [0.2, 0.25) is 0 Å². The summed E-state index contributed by atoms with van der Waals surface area (Å²) < 4.78 is 30.3. The lowest BCUT2D eigenvalue weighted by Gasteiger charge is -2.43. The fraction of sp³-hybridized carbons (Fsp3) is 1.00. The van der Waals surface area contributed by atoms with Gasteiger partial charge in [-0.3, -0.25) is 0 Å². The number of alkyl halides is 2. The maximum absolute atomic E-state index is 12.5. The monoisotopic (exact) mass is 178 g/mol. The zero-order valence-electron chi connectivity index (χ0n) is 6.72.